The summed E-state index contributed by atoms with van der Waals surface area (Å²) in [5.74, 6) is 5.72. The molecular formula is C14H13BrN2S2. The minimum Gasteiger partial charge on any atom is -0.271 e. The third kappa shape index (κ3) is 2.90. The molecule has 0 aliphatic carbocycles. The van der Waals surface area contributed by atoms with Gasteiger partial charge in [-0.1, -0.05) is 28.1 Å². The number of thiophene rings is 2. The minimum atomic E-state index is 0.172. The van der Waals surface area contributed by atoms with E-state index in [1.165, 1.54) is 19.8 Å². The number of fused-ring (bicyclic) bond motifs is 1. The van der Waals surface area contributed by atoms with Crippen LogP contribution < -0.4 is 11.3 Å². The average Bonchev–Trinajstić information content (AvgIpc) is 2.99. The van der Waals surface area contributed by atoms with E-state index >= 15 is 0 Å². The predicted molar refractivity (Wildman–Crippen MR) is 87.6 cm³/mol. The zero-order chi connectivity index (χ0) is 13.2. The van der Waals surface area contributed by atoms with Gasteiger partial charge >= 0.3 is 0 Å². The lowest BCUT2D eigenvalue weighted by molar-refractivity contribution is 0.561. The van der Waals surface area contributed by atoms with Crippen molar-refractivity contribution in [2.75, 3.05) is 0 Å². The van der Waals surface area contributed by atoms with Gasteiger partial charge in [0.1, 0.15) is 0 Å². The maximum Gasteiger partial charge on any atom is 0.0594 e. The van der Waals surface area contributed by atoms with Crippen LogP contribution in [-0.2, 0) is 6.42 Å². The molecule has 3 N–H and O–H groups in total. The van der Waals surface area contributed by atoms with E-state index in [-0.39, 0.29) is 6.04 Å². The molecule has 3 rings (SSSR count). The normalized spacial score (nSPS) is 12.9. The maximum atomic E-state index is 5.72. The summed E-state index contributed by atoms with van der Waals surface area (Å²) >= 11 is 7.05. The van der Waals surface area contributed by atoms with Gasteiger partial charge in [-0.25, -0.2) is 0 Å². The van der Waals surface area contributed by atoms with Gasteiger partial charge in [0.15, 0.2) is 0 Å². The van der Waals surface area contributed by atoms with Crippen LogP contribution >= 0.6 is 38.6 Å². The average molecular weight is 353 g/mol. The van der Waals surface area contributed by atoms with Crippen molar-refractivity contribution in [3.8, 4) is 0 Å². The van der Waals surface area contributed by atoms with Crippen LogP contribution in [0.5, 0.6) is 0 Å². The molecule has 0 aliphatic heterocycles. The van der Waals surface area contributed by atoms with Crippen LogP contribution in [0.15, 0.2) is 46.3 Å². The van der Waals surface area contributed by atoms with Crippen molar-refractivity contribution in [2.45, 2.75) is 12.5 Å². The van der Waals surface area contributed by atoms with E-state index in [1.807, 2.05) is 11.3 Å². The van der Waals surface area contributed by atoms with Gasteiger partial charge in [-0.15, -0.1) is 22.7 Å². The van der Waals surface area contributed by atoms with Crippen LogP contribution in [0.1, 0.15) is 16.5 Å². The van der Waals surface area contributed by atoms with Gasteiger partial charge in [-0.2, -0.15) is 0 Å². The van der Waals surface area contributed by atoms with Crippen molar-refractivity contribution in [1.29, 1.82) is 0 Å². The summed E-state index contributed by atoms with van der Waals surface area (Å²) in [5, 5.41) is 2.13. The molecule has 0 saturated heterocycles. The Bertz CT molecular complexity index is 644. The SMILES string of the molecule is NNC(Cc1ccc(Br)cc1)c1cc2sccc2s1. The summed E-state index contributed by atoms with van der Waals surface area (Å²) in [5.41, 5.74) is 4.22. The zero-order valence-electron chi connectivity index (χ0n) is 10.1. The minimum absolute atomic E-state index is 0.172. The van der Waals surface area contributed by atoms with E-state index < -0.39 is 0 Å². The number of halogens is 1. The van der Waals surface area contributed by atoms with Crippen molar-refractivity contribution in [1.82, 2.24) is 5.43 Å². The molecule has 0 amide bonds. The Hall–Kier alpha value is -0.720. The standard InChI is InChI=1S/C14H13BrN2S2/c15-10-3-1-9(2-4-10)7-11(17-16)13-8-14-12(19-13)5-6-18-14/h1-6,8,11,17H,7,16H2. The van der Waals surface area contributed by atoms with Crippen LogP contribution in [0.25, 0.3) is 9.40 Å². The lowest BCUT2D eigenvalue weighted by Crippen LogP contribution is -2.28. The third-order valence-electron chi connectivity index (χ3n) is 3.06. The summed E-state index contributed by atoms with van der Waals surface area (Å²) in [6.07, 6.45) is 0.900. The van der Waals surface area contributed by atoms with Crippen molar-refractivity contribution in [3.05, 3.63) is 56.7 Å². The molecule has 2 nitrogen and oxygen atoms in total. The Morgan fingerprint density at radius 3 is 2.63 bits per heavy atom. The van der Waals surface area contributed by atoms with E-state index in [0.29, 0.717) is 0 Å². The van der Waals surface area contributed by atoms with Crippen LogP contribution in [0.4, 0.5) is 0 Å². The first-order valence-corrected chi connectivity index (χ1v) is 8.42. The Morgan fingerprint density at radius 1 is 1.16 bits per heavy atom. The van der Waals surface area contributed by atoms with Crippen molar-refractivity contribution in [2.24, 2.45) is 5.84 Å². The monoisotopic (exact) mass is 352 g/mol. The molecule has 1 atom stereocenters. The maximum absolute atomic E-state index is 5.72. The number of hydrogen-bond acceptors (Lipinski definition) is 4. The molecule has 0 radical (unpaired) electrons. The number of hydrogen-bond donors (Lipinski definition) is 2. The molecule has 98 valence electrons. The second kappa shape index (κ2) is 5.73. The smallest absolute Gasteiger partial charge is 0.0594 e. The lowest BCUT2D eigenvalue weighted by Gasteiger charge is -2.14. The second-order valence-corrected chi connectivity index (χ2v) is 7.33. The Balaban J connectivity index is 1.84. The molecule has 1 aromatic carbocycles. The Labute approximate surface area is 128 Å². The molecule has 19 heavy (non-hydrogen) atoms. The topological polar surface area (TPSA) is 38.0 Å². The fraction of sp³-hybridized carbons (Fsp3) is 0.143. The molecule has 0 fully saturated rings. The molecule has 0 spiro atoms. The van der Waals surface area contributed by atoms with E-state index in [4.69, 9.17) is 5.84 Å². The van der Waals surface area contributed by atoms with Crippen molar-refractivity contribution < 1.29 is 0 Å². The van der Waals surface area contributed by atoms with E-state index in [2.05, 4.69) is 63.1 Å². The second-order valence-electron chi connectivity index (χ2n) is 4.35. The van der Waals surface area contributed by atoms with Gasteiger partial charge in [-0.05, 0) is 41.6 Å². The van der Waals surface area contributed by atoms with Gasteiger partial charge in [0.05, 0.1) is 6.04 Å². The van der Waals surface area contributed by atoms with Crippen LogP contribution in [0, 0.1) is 0 Å². The molecule has 0 saturated carbocycles. The van der Waals surface area contributed by atoms with Gasteiger partial charge in [0.25, 0.3) is 0 Å². The van der Waals surface area contributed by atoms with Crippen LogP contribution in [-0.4, -0.2) is 0 Å². The third-order valence-corrected chi connectivity index (χ3v) is 5.79. The summed E-state index contributed by atoms with van der Waals surface area (Å²) in [6, 6.07) is 13.0. The first kappa shape index (κ1) is 13.3. The lowest BCUT2D eigenvalue weighted by atomic mass is 10.1. The summed E-state index contributed by atoms with van der Waals surface area (Å²) < 4.78 is 3.79. The number of nitrogens with two attached hydrogens (primary N) is 1. The van der Waals surface area contributed by atoms with Crippen LogP contribution in [0.3, 0.4) is 0 Å². The Morgan fingerprint density at radius 2 is 1.95 bits per heavy atom. The van der Waals surface area contributed by atoms with Gasteiger partial charge < -0.3 is 0 Å². The van der Waals surface area contributed by atoms with Crippen molar-refractivity contribution in [3.63, 3.8) is 0 Å². The predicted octanol–water partition coefficient (Wildman–Crippen LogP) is 4.47. The zero-order valence-corrected chi connectivity index (χ0v) is 13.3. The molecule has 0 bridgehead atoms. The Kier molecular flexibility index (Phi) is 4.00. The van der Waals surface area contributed by atoms with Crippen LogP contribution in [0.2, 0.25) is 0 Å². The number of hydrazine groups is 1. The summed E-state index contributed by atoms with van der Waals surface area (Å²) in [4.78, 5) is 1.30. The fourth-order valence-corrected chi connectivity index (χ4v) is 4.50. The fourth-order valence-electron chi connectivity index (χ4n) is 2.05. The van der Waals surface area contributed by atoms with E-state index in [9.17, 15) is 0 Å². The number of rotatable bonds is 4. The molecular weight excluding hydrogens is 340 g/mol. The van der Waals surface area contributed by atoms with E-state index in [1.54, 1.807) is 11.3 Å². The summed E-state index contributed by atoms with van der Waals surface area (Å²) in [6.45, 7) is 0. The summed E-state index contributed by atoms with van der Waals surface area (Å²) in [7, 11) is 0. The largest absolute Gasteiger partial charge is 0.271 e. The van der Waals surface area contributed by atoms with Gasteiger partial charge in [0.2, 0.25) is 0 Å². The molecule has 2 aromatic heterocycles. The molecule has 1 unspecified atom stereocenters. The number of nitrogens with one attached hydrogen (secondary N) is 1. The molecule has 5 heteroatoms. The first-order chi connectivity index (χ1) is 9.26. The van der Waals surface area contributed by atoms with Gasteiger partial charge in [-0.3, -0.25) is 11.3 Å². The van der Waals surface area contributed by atoms with Gasteiger partial charge in [0, 0.05) is 18.7 Å². The molecule has 2 heterocycles. The first-order valence-electron chi connectivity index (χ1n) is 5.94. The molecule has 3 aromatic rings. The van der Waals surface area contributed by atoms with Crippen molar-refractivity contribution >= 4 is 48.0 Å². The highest BCUT2D eigenvalue weighted by molar-refractivity contribution is 9.10. The highest BCUT2D eigenvalue weighted by atomic mass is 79.9. The van der Waals surface area contributed by atoms with E-state index in [0.717, 1.165) is 10.9 Å². The molecule has 0 aliphatic rings. The highest BCUT2D eigenvalue weighted by Gasteiger charge is 2.14. The quantitative estimate of drug-likeness (QED) is 0.536. The number of benzene rings is 1. The highest BCUT2D eigenvalue weighted by Crippen LogP contribution is 2.34.